The molecule has 0 atom stereocenters. The Morgan fingerprint density at radius 1 is 1.26 bits per heavy atom. The zero-order valence-electron chi connectivity index (χ0n) is 12.7. The van der Waals surface area contributed by atoms with Crippen LogP contribution in [0.3, 0.4) is 0 Å². The number of nitrogens with one attached hydrogen (secondary N) is 1. The van der Waals surface area contributed by atoms with Gasteiger partial charge in [0.05, 0.1) is 23.3 Å². The van der Waals surface area contributed by atoms with E-state index in [-0.39, 0.29) is 25.1 Å². The average Bonchev–Trinajstić information content (AvgIpc) is 3.27. The largest absolute Gasteiger partial charge is 0.478 e. The number of rotatable bonds is 8. The summed E-state index contributed by atoms with van der Waals surface area (Å²) in [7, 11) is -3.65. The molecule has 1 aliphatic carbocycles. The predicted molar refractivity (Wildman–Crippen MR) is 82.4 cm³/mol. The minimum Gasteiger partial charge on any atom is -0.478 e. The second-order valence-corrected chi connectivity index (χ2v) is 7.65. The van der Waals surface area contributed by atoms with Crippen molar-refractivity contribution in [2.45, 2.75) is 37.5 Å². The molecule has 23 heavy (non-hydrogen) atoms. The Morgan fingerprint density at radius 3 is 2.35 bits per heavy atom. The molecule has 0 saturated heterocycles. The number of carbonyl (C=O) groups excluding carboxylic acids is 1. The number of benzene rings is 1. The van der Waals surface area contributed by atoms with Crippen molar-refractivity contribution in [1.82, 2.24) is 4.72 Å². The molecule has 0 bridgehead atoms. The monoisotopic (exact) mass is 341 g/mol. The fraction of sp³-hybridized carbons (Fsp3) is 0.467. The molecule has 1 aromatic rings. The van der Waals surface area contributed by atoms with E-state index in [0.29, 0.717) is 18.4 Å². The maximum atomic E-state index is 12.4. The van der Waals surface area contributed by atoms with Crippen LogP contribution in [-0.2, 0) is 26.1 Å². The first kappa shape index (κ1) is 17.4. The van der Waals surface area contributed by atoms with Crippen LogP contribution in [0.25, 0.3) is 0 Å². The number of carboxylic acids is 1. The fourth-order valence-electron chi connectivity index (χ4n) is 2.25. The third-order valence-corrected chi connectivity index (χ3v) is 6.03. The maximum absolute atomic E-state index is 12.4. The van der Waals surface area contributed by atoms with Crippen LogP contribution in [0.5, 0.6) is 0 Å². The lowest BCUT2D eigenvalue weighted by Crippen LogP contribution is -2.37. The smallest absolute Gasteiger partial charge is 0.335 e. The highest BCUT2D eigenvalue weighted by atomic mass is 32.2. The summed E-state index contributed by atoms with van der Waals surface area (Å²) in [6.07, 6.45) is 0.715. The first-order chi connectivity index (χ1) is 10.8. The van der Waals surface area contributed by atoms with Gasteiger partial charge in [0, 0.05) is 6.54 Å². The normalized spacial score (nSPS) is 15.9. The SMILES string of the molecule is CCOC(=O)CC1(S(=O)(=O)NCc2ccc(C(=O)O)cc2)CC1. The average molecular weight is 341 g/mol. The Morgan fingerprint density at radius 2 is 1.87 bits per heavy atom. The predicted octanol–water partition coefficient (Wildman–Crippen LogP) is 1.29. The Bertz CT molecular complexity index is 691. The summed E-state index contributed by atoms with van der Waals surface area (Å²) in [5.74, 6) is -1.55. The van der Waals surface area contributed by atoms with Crippen LogP contribution in [0, 0.1) is 0 Å². The summed E-state index contributed by atoms with van der Waals surface area (Å²) in [6, 6.07) is 5.93. The number of carbonyl (C=O) groups is 2. The van der Waals surface area contributed by atoms with Crippen molar-refractivity contribution in [2.24, 2.45) is 0 Å². The van der Waals surface area contributed by atoms with Crippen molar-refractivity contribution in [3.05, 3.63) is 35.4 Å². The van der Waals surface area contributed by atoms with E-state index in [9.17, 15) is 18.0 Å². The van der Waals surface area contributed by atoms with E-state index in [1.54, 1.807) is 19.1 Å². The molecule has 0 heterocycles. The van der Waals surface area contributed by atoms with E-state index in [1.807, 2.05) is 0 Å². The standard InChI is InChI=1S/C15H19NO6S/c1-2-22-13(17)9-15(7-8-15)23(20,21)16-10-11-3-5-12(6-4-11)14(18)19/h3-6,16H,2,7-10H2,1H3,(H,18,19). The zero-order chi connectivity index (χ0) is 17.1. The number of hydrogen-bond acceptors (Lipinski definition) is 5. The van der Waals surface area contributed by atoms with Gasteiger partial charge >= 0.3 is 11.9 Å². The van der Waals surface area contributed by atoms with Gasteiger partial charge < -0.3 is 9.84 Å². The highest BCUT2D eigenvalue weighted by molar-refractivity contribution is 7.91. The minimum absolute atomic E-state index is 0.0484. The van der Waals surface area contributed by atoms with Gasteiger partial charge in [-0.15, -0.1) is 0 Å². The summed E-state index contributed by atoms with van der Waals surface area (Å²) >= 11 is 0. The van der Waals surface area contributed by atoms with Crippen LogP contribution in [-0.4, -0.2) is 36.8 Å². The van der Waals surface area contributed by atoms with E-state index < -0.39 is 26.7 Å². The van der Waals surface area contributed by atoms with Gasteiger partial charge in [-0.1, -0.05) is 12.1 Å². The highest BCUT2D eigenvalue weighted by Crippen LogP contribution is 2.46. The number of ether oxygens (including phenoxy) is 1. The summed E-state index contributed by atoms with van der Waals surface area (Å²) in [6.45, 7) is 1.94. The molecule has 0 aromatic heterocycles. The number of aromatic carboxylic acids is 1. The van der Waals surface area contributed by atoms with Crippen molar-refractivity contribution < 1.29 is 27.9 Å². The lowest BCUT2D eigenvalue weighted by atomic mass is 10.1. The molecule has 0 amide bonds. The third-order valence-electron chi connectivity index (χ3n) is 3.82. The molecule has 1 fully saturated rings. The molecule has 1 saturated carbocycles. The van der Waals surface area contributed by atoms with Gasteiger partial charge in [0.15, 0.2) is 0 Å². The Kier molecular flexibility index (Phi) is 5.06. The van der Waals surface area contributed by atoms with Crippen molar-refractivity contribution in [3.8, 4) is 0 Å². The lowest BCUT2D eigenvalue weighted by Gasteiger charge is -2.16. The Balaban J connectivity index is 1.98. The molecule has 8 heteroatoms. The fourth-order valence-corrected chi connectivity index (χ4v) is 3.86. The summed E-state index contributed by atoms with van der Waals surface area (Å²) in [5, 5.41) is 8.82. The van der Waals surface area contributed by atoms with Crippen molar-refractivity contribution >= 4 is 22.0 Å². The molecule has 1 aliphatic rings. The van der Waals surface area contributed by atoms with E-state index in [2.05, 4.69) is 4.72 Å². The molecular formula is C15H19NO6S. The molecule has 0 spiro atoms. The molecule has 0 unspecified atom stereocenters. The Hall–Kier alpha value is -1.93. The van der Waals surface area contributed by atoms with E-state index >= 15 is 0 Å². The van der Waals surface area contributed by atoms with Crippen LogP contribution in [0.4, 0.5) is 0 Å². The van der Waals surface area contributed by atoms with E-state index in [4.69, 9.17) is 9.84 Å². The van der Waals surface area contributed by atoms with Crippen LogP contribution in [0.15, 0.2) is 24.3 Å². The Labute approximate surface area is 134 Å². The van der Waals surface area contributed by atoms with Crippen molar-refractivity contribution in [1.29, 1.82) is 0 Å². The zero-order valence-corrected chi connectivity index (χ0v) is 13.6. The van der Waals surface area contributed by atoms with Crippen molar-refractivity contribution in [2.75, 3.05) is 6.61 Å². The second kappa shape index (κ2) is 6.67. The lowest BCUT2D eigenvalue weighted by molar-refractivity contribution is -0.143. The van der Waals surface area contributed by atoms with Gasteiger partial charge in [-0.05, 0) is 37.5 Å². The first-order valence-corrected chi connectivity index (χ1v) is 8.75. The topological polar surface area (TPSA) is 110 Å². The van der Waals surface area contributed by atoms with Gasteiger partial charge in [-0.2, -0.15) is 0 Å². The third kappa shape index (κ3) is 4.08. The quantitative estimate of drug-likeness (QED) is 0.690. The molecule has 1 aromatic carbocycles. The highest BCUT2D eigenvalue weighted by Gasteiger charge is 2.55. The van der Waals surface area contributed by atoms with Gasteiger partial charge in [0.25, 0.3) is 0 Å². The molecule has 2 N–H and O–H groups in total. The number of sulfonamides is 1. The molecule has 7 nitrogen and oxygen atoms in total. The van der Waals surface area contributed by atoms with Crippen LogP contribution >= 0.6 is 0 Å². The van der Waals surface area contributed by atoms with Crippen LogP contribution in [0.2, 0.25) is 0 Å². The molecule has 2 rings (SSSR count). The van der Waals surface area contributed by atoms with Crippen LogP contribution < -0.4 is 4.72 Å². The molecule has 0 radical (unpaired) electrons. The van der Waals surface area contributed by atoms with Gasteiger partial charge in [-0.3, -0.25) is 4.79 Å². The number of carboxylic acid groups (broad SMARTS) is 1. The van der Waals surface area contributed by atoms with Gasteiger partial charge in [-0.25, -0.2) is 17.9 Å². The van der Waals surface area contributed by atoms with E-state index in [0.717, 1.165) is 0 Å². The molecule has 0 aliphatic heterocycles. The first-order valence-electron chi connectivity index (χ1n) is 7.27. The second-order valence-electron chi connectivity index (χ2n) is 5.49. The summed E-state index contributed by atoms with van der Waals surface area (Å²) in [4.78, 5) is 22.3. The minimum atomic E-state index is -3.65. The summed E-state index contributed by atoms with van der Waals surface area (Å²) < 4.78 is 31.0. The number of hydrogen-bond donors (Lipinski definition) is 2. The summed E-state index contributed by atoms with van der Waals surface area (Å²) in [5.41, 5.74) is 0.781. The van der Waals surface area contributed by atoms with Crippen LogP contribution in [0.1, 0.15) is 42.1 Å². The maximum Gasteiger partial charge on any atom is 0.335 e. The van der Waals surface area contributed by atoms with Gasteiger partial charge in [0.2, 0.25) is 10.0 Å². The number of esters is 1. The molecular weight excluding hydrogens is 322 g/mol. The molecule has 126 valence electrons. The van der Waals surface area contributed by atoms with Crippen molar-refractivity contribution in [3.63, 3.8) is 0 Å². The van der Waals surface area contributed by atoms with Gasteiger partial charge in [0.1, 0.15) is 0 Å². The van der Waals surface area contributed by atoms with E-state index in [1.165, 1.54) is 12.1 Å².